The van der Waals surface area contributed by atoms with Gasteiger partial charge in [0.2, 0.25) is 0 Å². The number of rotatable bonds is 4. The molecule has 6 heteroatoms. The first kappa shape index (κ1) is 12.5. The van der Waals surface area contributed by atoms with Crippen LogP contribution in [-0.2, 0) is 9.47 Å². The molecule has 0 fully saturated rings. The van der Waals surface area contributed by atoms with Gasteiger partial charge in [-0.2, -0.15) is 0 Å². The van der Waals surface area contributed by atoms with Crippen LogP contribution in [0.3, 0.4) is 0 Å². The van der Waals surface area contributed by atoms with Crippen molar-refractivity contribution in [2.75, 3.05) is 14.2 Å². The third-order valence-corrected chi connectivity index (χ3v) is 2.02. The van der Waals surface area contributed by atoms with E-state index in [-0.39, 0.29) is 5.56 Å². The summed E-state index contributed by atoms with van der Waals surface area (Å²) >= 11 is 0. The predicted octanol–water partition coefficient (Wildman–Crippen LogP) is 1.95. The number of hydrogen-bond donors (Lipinski definition) is 1. The Kier molecular flexibility index (Phi) is 3.92. The van der Waals surface area contributed by atoms with E-state index in [0.29, 0.717) is 0 Å². The Balaban J connectivity index is 3.26. The molecule has 4 nitrogen and oxygen atoms in total. The summed E-state index contributed by atoms with van der Waals surface area (Å²) in [5.41, 5.74) is -0.917. The van der Waals surface area contributed by atoms with E-state index in [9.17, 15) is 13.6 Å². The van der Waals surface area contributed by atoms with Gasteiger partial charge >= 0.3 is 5.97 Å². The Bertz CT molecular complexity index is 402. The van der Waals surface area contributed by atoms with Gasteiger partial charge in [0.05, 0.1) is 5.56 Å². The van der Waals surface area contributed by atoms with Crippen molar-refractivity contribution < 1.29 is 28.2 Å². The number of carboxylic acid groups (broad SMARTS) is 1. The lowest BCUT2D eigenvalue weighted by Crippen LogP contribution is -2.11. The van der Waals surface area contributed by atoms with Gasteiger partial charge in [-0.15, -0.1) is 0 Å². The SMILES string of the molecule is COC(OC)c1ccc(C(=O)O)c(F)c1F. The lowest BCUT2D eigenvalue weighted by atomic mass is 10.1. The molecular formula is C10H10F2O4. The van der Waals surface area contributed by atoms with Crippen molar-refractivity contribution >= 4 is 5.97 Å². The van der Waals surface area contributed by atoms with Gasteiger partial charge in [-0.25, -0.2) is 13.6 Å². The minimum Gasteiger partial charge on any atom is -0.478 e. The summed E-state index contributed by atoms with van der Waals surface area (Å²) in [7, 11) is 2.52. The summed E-state index contributed by atoms with van der Waals surface area (Å²) in [6.07, 6.45) is -1.07. The van der Waals surface area contributed by atoms with Gasteiger partial charge in [0.25, 0.3) is 0 Å². The van der Waals surface area contributed by atoms with Crippen molar-refractivity contribution in [3.05, 3.63) is 34.9 Å². The molecule has 0 aliphatic heterocycles. The van der Waals surface area contributed by atoms with Gasteiger partial charge in [-0.3, -0.25) is 0 Å². The molecule has 0 atom stereocenters. The molecule has 0 amide bonds. The molecule has 0 bridgehead atoms. The van der Waals surface area contributed by atoms with Crippen LogP contribution in [0.1, 0.15) is 22.2 Å². The largest absolute Gasteiger partial charge is 0.478 e. The number of aromatic carboxylic acids is 1. The molecule has 0 saturated carbocycles. The molecule has 0 unspecified atom stereocenters. The van der Waals surface area contributed by atoms with E-state index in [2.05, 4.69) is 0 Å². The van der Waals surface area contributed by atoms with E-state index in [1.807, 2.05) is 0 Å². The van der Waals surface area contributed by atoms with Gasteiger partial charge in [0.15, 0.2) is 17.9 Å². The maximum atomic E-state index is 13.4. The van der Waals surface area contributed by atoms with Crippen molar-refractivity contribution in [2.24, 2.45) is 0 Å². The Morgan fingerprint density at radius 1 is 1.25 bits per heavy atom. The number of carbonyl (C=O) groups is 1. The van der Waals surface area contributed by atoms with Gasteiger partial charge < -0.3 is 14.6 Å². The Morgan fingerprint density at radius 2 is 1.81 bits per heavy atom. The molecule has 0 aliphatic carbocycles. The summed E-state index contributed by atoms with van der Waals surface area (Å²) in [5, 5.41) is 8.56. The number of halogens is 2. The molecule has 1 N–H and O–H groups in total. The maximum Gasteiger partial charge on any atom is 0.338 e. The molecule has 0 aliphatic rings. The first-order chi connectivity index (χ1) is 7.52. The monoisotopic (exact) mass is 232 g/mol. The van der Waals surface area contributed by atoms with Crippen LogP contribution in [0.5, 0.6) is 0 Å². The van der Waals surface area contributed by atoms with Crippen LogP contribution in [0.4, 0.5) is 8.78 Å². The van der Waals surface area contributed by atoms with Crippen molar-refractivity contribution in [3.63, 3.8) is 0 Å². The van der Waals surface area contributed by atoms with Crippen molar-refractivity contribution in [2.45, 2.75) is 6.29 Å². The van der Waals surface area contributed by atoms with E-state index < -0.39 is 29.5 Å². The van der Waals surface area contributed by atoms with Gasteiger partial charge in [-0.1, -0.05) is 0 Å². The van der Waals surface area contributed by atoms with Crippen LogP contribution in [0, 0.1) is 11.6 Å². The first-order valence-corrected chi connectivity index (χ1v) is 4.29. The van der Waals surface area contributed by atoms with E-state index in [1.165, 1.54) is 14.2 Å². The zero-order valence-corrected chi connectivity index (χ0v) is 8.66. The first-order valence-electron chi connectivity index (χ1n) is 4.29. The zero-order valence-electron chi connectivity index (χ0n) is 8.66. The second-order valence-corrected chi connectivity index (χ2v) is 2.94. The molecular weight excluding hydrogens is 222 g/mol. The molecule has 16 heavy (non-hydrogen) atoms. The Labute approximate surface area is 90.4 Å². The predicted molar refractivity (Wildman–Crippen MR) is 50.1 cm³/mol. The third kappa shape index (κ3) is 2.17. The van der Waals surface area contributed by atoms with Crippen LogP contribution in [0.15, 0.2) is 12.1 Å². The fourth-order valence-corrected chi connectivity index (χ4v) is 1.26. The zero-order chi connectivity index (χ0) is 12.3. The van der Waals surface area contributed by atoms with E-state index >= 15 is 0 Å². The van der Waals surface area contributed by atoms with Crippen LogP contribution in [0.25, 0.3) is 0 Å². The fourth-order valence-electron chi connectivity index (χ4n) is 1.26. The van der Waals surface area contributed by atoms with Gasteiger partial charge in [0.1, 0.15) is 0 Å². The van der Waals surface area contributed by atoms with Crippen LogP contribution in [-0.4, -0.2) is 25.3 Å². The fraction of sp³-hybridized carbons (Fsp3) is 0.300. The normalized spacial score (nSPS) is 10.8. The minimum atomic E-state index is -1.53. The highest BCUT2D eigenvalue weighted by atomic mass is 19.2. The van der Waals surface area contributed by atoms with Crippen LogP contribution < -0.4 is 0 Å². The number of carboxylic acids is 1. The summed E-state index contributed by atoms with van der Waals surface area (Å²) < 4.78 is 36.2. The second kappa shape index (κ2) is 5.00. The smallest absolute Gasteiger partial charge is 0.338 e. The topological polar surface area (TPSA) is 55.8 Å². The van der Waals surface area contributed by atoms with Crippen LogP contribution in [0.2, 0.25) is 0 Å². The minimum absolute atomic E-state index is 0.187. The summed E-state index contributed by atoms with van der Waals surface area (Å²) in [6, 6.07) is 2.07. The van der Waals surface area contributed by atoms with Crippen LogP contribution >= 0.6 is 0 Å². The third-order valence-electron chi connectivity index (χ3n) is 2.02. The molecule has 1 aromatic carbocycles. The molecule has 0 saturated heterocycles. The van der Waals surface area contributed by atoms with E-state index in [0.717, 1.165) is 12.1 Å². The standard InChI is InChI=1S/C10H10F2O4/c1-15-10(16-2)6-4-3-5(9(13)14)7(11)8(6)12/h3-4,10H,1-2H3,(H,13,14). The molecule has 0 heterocycles. The molecule has 1 rings (SSSR count). The van der Waals surface area contributed by atoms with Gasteiger partial charge in [-0.05, 0) is 12.1 Å². The summed E-state index contributed by atoms with van der Waals surface area (Å²) in [4.78, 5) is 10.5. The Hall–Kier alpha value is -1.53. The van der Waals surface area contributed by atoms with Gasteiger partial charge in [0, 0.05) is 19.8 Å². The second-order valence-electron chi connectivity index (χ2n) is 2.94. The quantitative estimate of drug-likeness (QED) is 0.806. The van der Waals surface area contributed by atoms with Crippen molar-refractivity contribution in [1.29, 1.82) is 0 Å². The average molecular weight is 232 g/mol. The maximum absolute atomic E-state index is 13.4. The highest BCUT2D eigenvalue weighted by Crippen LogP contribution is 2.24. The van der Waals surface area contributed by atoms with Crippen molar-refractivity contribution in [1.82, 2.24) is 0 Å². The number of methoxy groups -OCH3 is 2. The van der Waals surface area contributed by atoms with E-state index in [1.54, 1.807) is 0 Å². The molecule has 0 radical (unpaired) electrons. The average Bonchev–Trinajstić information content (AvgIpc) is 2.25. The molecule has 0 aromatic heterocycles. The van der Waals surface area contributed by atoms with E-state index in [4.69, 9.17) is 14.6 Å². The molecule has 0 spiro atoms. The lowest BCUT2D eigenvalue weighted by molar-refractivity contribution is -0.108. The number of hydrogen-bond acceptors (Lipinski definition) is 3. The number of benzene rings is 1. The lowest BCUT2D eigenvalue weighted by Gasteiger charge is -2.15. The highest BCUT2D eigenvalue weighted by molar-refractivity contribution is 5.88. The molecule has 88 valence electrons. The Morgan fingerprint density at radius 3 is 2.25 bits per heavy atom. The molecule has 1 aromatic rings. The summed E-state index contributed by atoms with van der Waals surface area (Å²) in [5.74, 6) is -4.24. The highest BCUT2D eigenvalue weighted by Gasteiger charge is 2.22. The number of ether oxygens (including phenoxy) is 2. The van der Waals surface area contributed by atoms with Crippen molar-refractivity contribution in [3.8, 4) is 0 Å². The summed E-state index contributed by atoms with van der Waals surface area (Å²) in [6.45, 7) is 0.